The second-order valence-electron chi connectivity index (χ2n) is 4.30. The van der Waals surface area contributed by atoms with Gasteiger partial charge in [-0.25, -0.2) is 0 Å². The Morgan fingerprint density at radius 2 is 2.12 bits per heavy atom. The quantitative estimate of drug-likeness (QED) is 0.837. The summed E-state index contributed by atoms with van der Waals surface area (Å²) < 4.78 is 2.26. The van der Waals surface area contributed by atoms with E-state index < -0.39 is 0 Å². The van der Waals surface area contributed by atoms with Crippen LogP contribution in [0.2, 0.25) is 0 Å². The molecule has 0 radical (unpaired) electrons. The molecule has 0 aliphatic heterocycles. The first-order valence-corrected chi connectivity index (χ1v) is 5.95. The van der Waals surface area contributed by atoms with Gasteiger partial charge >= 0.3 is 0 Å². The standard InChI is InChI=1S/C14H19NO/c1-3-12-10-15(7-4-8-16)14-9-11(2)5-6-13(12)14/h5-6,9-10,16H,3-4,7-8H2,1-2H3. The minimum atomic E-state index is 0.257. The molecular formula is C14H19NO. The van der Waals surface area contributed by atoms with Gasteiger partial charge in [0.15, 0.2) is 0 Å². The summed E-state index contributed by atoms with van der Waals surface area (Å²) in [5.41, 5.74) is 3.98. The maximum absolute atomic E-state index is 8.90. The van der Waals surface area contributed by atoms with Crippen LogP contribution in [-0.4, -0.2) is 16.3 Å². The first kappa shape index (κ1) is 11.2. The molecule has 0 bridgehead atoms. The molecule has 0 fully saturated rings. The van der Waals surface area contributed by atoms with Crippen molar-refractivity contribution >= 4 is 10.9 Å². The van der Waals surface area contributed by atoms with E-state index in [1.165, 1.54) is 22.0 Å². The second kappa shape index (κ2) is 4.71. The van der Waals surface area contributed by atoms with Crippen molar-refractivity contribution in [3.05, 3.63) is 35.5 Å². The number of nitrogens with zero attached hydrogens (tertiary/aromatic N) is 1. The zero-order chi connectivity index (χ0) is 11.5. The van der Waals surface area contributed by atoms with Crippen molar-refractivity contribution in [1.29, 1.82) is 0 Å². The number of hydrogen-bond acceptors (Lipinski definition) is 1. The number of benzene rings is 1. The minimum absolute atomic E-state index is 0.257. The molecule has 0 atom stereocenters. The van der Waals surface area contributed by atoms with E-state index in [2.05, 4.69) is 42.8 Å². The summed E-state index contributed by atoms with van der Waals surface area (Å²) in [4.78, 5) is 0. The van der Waals surface area contributed by atoms with E-state index in [0.717, 1.165) is 19.4 Å². The van der Waals surface area contributed by atoms with E-state index in [1.54, 1.807) is 0 Å². The third kappa shape index (κ3) is 1.98. The van der Waals surface area contributed by atoms with Crippen LogP contribution in [0.3, 0.4) is 0 Å². The van der Waals surface area contributed by atoms with Gasteiger partial charge in [0.2, 0.25) is 0 Å². The molecule has 2 heteroatoms. The summed E-state index contributed by atoms with van der Waals surface area (Å²) >= 11 is 0. The van der Waals surface area contributed by atoms with Gasteiger partial charge in [-0.2, -0.15) is 0 Å². The molecule has 86 valence electrons. The molecule has 0 saturated heterocycles. The average molecular weight is 217 g/mol. The van der Waals surface area contributed by atoms with Crippen molar-refractivity contribution in [3.63, 3.8) is 0 Å². The van der Waals surface area contributed by atoms with Crippen molar-refractivity contribution < 1.29 is 5.11 Å². The van der Waals surface area contributed by atoms with Gasteiger partial charge < -0.3 is 9.67 Å². The fourth-order valence-electron chi connectivity index (χ4n) is 2.19. The molecule has 0 aliphatic carbocycles. The summed E-state index contributed by atoms with van der Waals surface area (Å²) in [6.07, 6.45) is 4.10. The molecule has 0 aliphatic rings. The Hall–Kier alpha value is -1.28. The number of aliphatic hydroxyl groups is 1. The van der Waals surface area contributed by atoms with Gasteiger partial charge in [0.1, 0.15) is 0 Å². The van der Waals surface area contributed by atoms with Gasteiger partial charge in [-0.3, -0.25) is 0 Å². The predicted octanol–water partition coefficient (Wildman–Crippen LogP) is 2.89. The maximum Gasteiger partial charge on any atom is 0.0485 e. The van der Waals surface area contributed by atoms with Crippen molar-refractivity contribution in [3.8, 4) is 0 Å². The molecule has 1 N–H and O–H groups in total. The lowest BCUT2D eigenvalue weighted by atomic mass is 10.1. The van der Waals surface area contributed by atoms with E-state index >= 15 is 0 Å². The number of fused-ring (bicyclic) bond motifs is 1. The van der Waals surface area contributed by atoms with Gasteiger partial charge in [-0.05, 0) is 37.0 Å². The second-order valence-corrected chi connectivity index (χ2v) is 4.30. The molecule has 2 aromatic rings. The SMILES string of the molecule is CCc1cn(CCCO)c2cc(C)ccc12. The van der Waals surface area contributed by atoms with Crippen molar-refractivity contribution in [1.82, 2.24) is 4.57 Å². The van der Waals surface area contributed by atoms with Crippen molar-refractivity contribution in [2.45, 2.75) is 33.2 Å². The topological polar surface area (TPSA) is 25.2 Å². The molecule has 0 saturated carbocycles. The molecule has 0 unspecified atom stereocenters. The van der Waals surface area contributed by atoms with Crippen LogP contribution in [0.5, 0.6) is 0 Å². The molecular weight excluding hydrogens is 198 g/mol. The van der Waals surface area contributed by atoms with E-state index in [9.17, 15) is 0 Å². The number of aryl methyl sites for hydroxylation is 3. The Balaban J connectivity index is 2.50. The summed E-state index contributed by atoms with van der Waals surface area (Å²) in [6.45, 7) is 5.46. The Bertz CT molecular complexity index is 485. The Morgan fingerprint density at radius 3 is 2.81 bits per heavy atom. The normalized spacial score (nSPS) is 11.2. The summed E-state index contributed by atoms with van der Waals surface area (Å²) in [7, 11) is 0. The molecule has 1 heterocycles. The predicted molar refractivity (Wildman–Crippen MR) is 67.8 cm³/mol. The smallest absolute Gasteiger partial charge is 0.0485 e. The number of hydrogen-bond donors (Lipinski definition) is 1. The van der Waals surface area contributed by atoms with Gasteiger partial charge in [0, 0.05) is 30.3 Å². The fraction of sp³-hybridized carbons (Fsp3) is 0.429. The van der Waals surface area contributed by atoms with Crippen molar-refractivity contribution in [2.75, 3.05) is 6.61 Å². The summed E-state index contributed by atoms with van der Waals surface area (Å²) in [5.74, 6) is 0. The number of rotatable bonds is 4. The van der Waals surface area contributed by atoms with Gasteiger partial charge in [0.25, 0.3) is 0 Å². The third-order valence-corrected chi connectivity index (χ3v) is 3.06. The lowest BCUT2D eigenvalue weighted by Crippen LogP contribution is -1.98. The zero-order valence-corrected chi connectivity index (χ0v) is 10.0. The van der Waals surface area contributed by atoms with Gasteiger partial charge in [-0.1, -0.05) is 19.1 Å². The number of aromatic nitrogens is 1. The van der Waals surface area contributed by atoms with Crippen LogP contribution in [0, 0.1) is 6.92 Å². The lowest BCUT2D eigenvalue weighted by molar-refractivity contribution is 0.280. The van der Waals surface area contributed by atoms with E-state index in [4.69, 9.17) is 5.11 Å². The summed E-state index contributed by atoms with van der Waals surface area (Å²) in [6, 6.07) is 6.60. The average Bonchev–Trinajstić information content (AvgIpc) is 2.64. The van der Waals surface area contributed by atoms with Crippen LogP contribution in [0.1, 0.15) is 24.5 Å². The highest BCUT2D eigenvalue weighted by molar-refractivity contribution is 5.84. The highest BCUT2D eigenvalue weighted by Gasteiger charge is 2.06. The van der Waals surface area contributed by atoms with Crippen LogP contribution in [-0.2, 0) is 13.0 Å². The maximum atomic E-state index is 8.90. The van der Waals surface area contributed by atoms with E-state index in [0.29, 0.717) is 0 Å². The minimum Gasteiger partial charge on any atom is -0.396 e. The van der Waals surface area contributed by atoms with Crippen LogP contribution in [0.25, 0.3) is 10.9 Å². The highest BCUT2D eigenvalue weighted by atomic mass is 16.3. The molecule has 0 spiro atoms. The highest BCUT2D eigenvalue weighted by Crippen LogP contribution is 2.23. The first-order valence-electron chi connectivity index (χ1n) is 5.95. The fourth-order valence-corrected chi connectivity index (χ4v) is 2.19. The Kier molecular flexibility index (Phi) is 3.30. The third-order valence-electron chi connectivity index (χ3n) is 3.06. The molecule has 1 aromatic carbocycles. The summed E-state index contributed by atoms with van der Waals surface area (Å²) in [5, 5.41) is 10.3. The van der Waals surface area contributed by atoms with Crippen LogP contribution >= 0.6 is 0 Å². The molecule has 0 amide bonds. The van der Waals surface area contributed by atoms with Crippen LogP contribution < -0.4 is 0 Å². The number of aliphatic hydroxyl groups excluding tert-OH is 1. The van der Waals surface area contributed by atoms with E-state index in [-0.39, 0.29) is 6.61 Å². The van der Waals surface area contributed by atoms with Crippen LogP contribution in [0.15, 0.2) is 24.4 Å². The Morgan fingerprint density at radius 1 is 1.31 bits per heavy atom. The van der Waals surface area contributed by atoms with Gasteiger partial charge in [0.05, 0.1) is 0 Å². The van der Waals surface area contributed by atoms with Gasteiger partial charge in [-0.15, -0.1) is 0 Å². The lowest BCUT2D eigenvalue weighted by Gasteiger charge is -2.03. The largest absolute Gasteiger partial charge is 0.396 e. The van der Waals surface area contributed by atoms with Crippen molar-refractivity contribution in [2.24, 2.45) is 0 Å². The molecule has 2 nitrogen and oxygen atoms in total. The Labute approximate surface area is 96.5 Å². The molecule has 1 aromatic heterocycles. The molecule has 2 rings (SSSR count). The zero-order valence-electron chi connectivity index (χ0n) is 10.0. The van der Waals surface area contributed by atoms with Crippen LogP contribution in [0.4, 0.5) is 0 Å². The molecule has 16 heavy (non-hydrogen) atoms. The monoisotopic (exact) mass is 217 g/mol. The first-order chi connectivity index (χ1) is 7.76. The van der Waals surface area contributed by atoms with E-state index in [1.807, 2.05) is 0 Å².